The van der Waals surface area contributed by atoms with Crippen molar-refractivity contribution in [3.8, 4) is 28.4 Å². The number of benzene rings is 1. The van der Waals surface area contributed by atoms with Crippen LogP contribution in [-0.2, 0) is 22.4 Å². The van der Waals surface area contributed by atoms with Crippen molar-refractivity contribution in [1.82, 2.24) is 14.5 Å². The zero-order chi connectivity index (χ0) is 28.8. The number of halogens is 3. The highest BCUT2D eigenvalue weighted by molar-refractivity contribution is 6.76. The minimum Gasteiger partial charge on any atom is -0.492 e. The molecule has 0 atom stereocenters. The topological polar surface area (TPSA) is 86.5 Å². The fourth-order valence-corrected chi connectivity index (χ4v) is 4.64. The van der Waals surface area contributed by atoms with E-state index in [0.717, 1.165) is 17.8 Å². The number of alkyl halides is 3. The highest BCUT2D eigenvalue weighted by atomic mass is 28.3. The summed E-state index contributed by atoms with van der Waals surface area (Å²) < 4.78 is 53.0. The second kappa shape index (κ2) is 12.3. The number of hydrogen-bond acceptors (Lipinski definition) is 5. The maximum atomic E-state index is 13.4. The summed E-state index contributed by atoms with van der Waals surface area (Å²) in [5.41, 5.74) is -0.0880. The van der Waals surface area contributed by atoms with Crippen LogP contribution in [0.1, 0.15) is 32.4 Å². The van der Waals surface area contributed by atoms with Gasteiger partial charge in [0.15, 0.2) is 5.69 Å². The number of rotatable bonds is 13. The van der Waals surface area contributed by atoms with Crippen molar-refractivity contribution in [1.29, 1.82) is 0 Å². The Balaban J connectivity index is 1.75. The van der Waals surface area contributed by atoms with Gasteiger partial charge in [0.1, 0.15) is 30.3 Å². The van der Waals surface area contributed by atoms with Crippen LogP contribution in [0.15, 0.2) is 48.8 Å². The molecular weight excluding hydrogens is 527 g/mol. The predicted octanol–water partition coefficient (Wildman–Crippen LogP) is 7.21. The second-order valence-corrected chi connectivity index (χ2v) is 16.4. The zero-order valence-electron chi connectivity index (χ0n) is 23.0. The van der Waals surface area contributed by atoms with E-state index in [1.807, 2.05) is 13.8 Å². The molecule has 2 heterocycles. The largest absolute Gasteiger partial charge is 0.492 e. The molecule has 7 nitrogen and oxygen atoms in total. The normalized spacial score (nSPS) is 12.5. The van der Waals surface area contributed by atoms with E-state index >= 15 is 0 Å². The van der Waals surface area contributed by atoms with Gasteiger partial charge in [-0.2, -0.15) is 13.2 Å². The number of imidazole rings is 1. The third-order valence-corrected chi connectivity index (χ3v) is 8.49. The summed E-state index contributed by atoms with van der Waals surface area (Å²) in [5, 5.41) is 9.59. The van der Waals surface area contributed by atoms with E-state index in [1.54, 1.807) is 36.4 Å². The van der Waals surface area contributed by atoms with Crippen LogP contribution in [0.25, 0.3) is 22.6 Å². The van der Waals surface area contributed by atoms with Gasteiger partial charge in [-0.15, -0.1) is 0 Å². The molecule has 0 aliphatic carbocycles. The summed E-state index contributed by atoms with van der Waals surface area (Å²) in [4.78, 5) is 20.0. The molecule has 0 spiro atoms. The Morgan fingerprint density at radius 1 is 1.03 bits per heavy atom. The third-order valence-electron chi connectivity index (χ3n) is 6.79. The van der Waals surface area contributed by atoms with Gasteiger partial charge < -0.3 is 19.1 Å². The molecule has 212 valence electrons. The van der Waals surface area contributed by atoms with Crippen LogP contribution in [0.3, 0.4) is 0 Å². The van der Waals surface area contributed by atoms with E-state index in [2.05, 4.69) is 29.6 Å². The number of aliphatic carboxylic acids is 1. The standard InChI is InChI=1S/C28H36F3N3O4Si/c1-6-27(7-2,26(35)36)18-38-22-11-8-20(9-12-22)23-13-10-21(16-32-23)25-33-24(28(29,30)31)17-34(25)19-37-14-15-39(3,4)5/h8-13,16-17H,6-7,14-15,18-19H2,1-5H3,(H,35,36). The van der Waals surface area contributed by atoms with Crippen LogP contribution in [0.2, 0.25) is 25.7 Å². The van der Waals surface area contributed by atoms with E-state index in [9.17, 15) is 23.1 Å². The molecular formula is C28H36F3N3O4Si. The number of carboxylic acids is 1. The van der Waals surface area contributed by atoms with Crippen LogP contribution in [0.4, 0.5) is 13.2 Å². The first-order valence-corrected chi connectivity index (χ1v) is 16.6. The van der Waals surface area contributed by atoms with Gasteiger partial charge in [-0.25, -0.2) is 4.98 Å². The number of nitrogens with zero attached hydrogens (tertiary/aromatic N) is 3. The van der Waals surface area contributed by atoms with Crippen molar-refractivity contribution in [3.63, 3.8) is 0 Å². The highest BCUT2D eigenvalue weighted by Crippen LogP contribution is 2.32. The van der Waals surface area contributed by atoms with Crippen molar-refractivity contribution >= 4 is 14.0 Å². The first-order chi connectivity index (χ1) is 18.3. The predicted molar refractivity (Wildman–Crippen MR) is 146 cm³/mol. The molecule has 0 unspecified atom stereocenters. The van der Waals surface area contributed by atoms with Crippen LogP contribution < -0.4 is 4.74 Å². The van der Waals surface area contributed by atoms with Crippen LogP contribution >= 0.6 is 0 Å². The van der Waals surface area contributed by atoms with Crippen molar-refractivity contribution < 1.29 is 32.5 Å². The molecule has 0 amide bonds. The molecule has 39 heavy (non-hydrogen) atoms. The number of hydrogen-bond donors (Lipinski definition) is 1. The molecule has 0 radical (unpaired) electrons. The molecule has 1 N–H and O–H groups in total. The lowest BCUT2D eigenvalue weighted by Crippen LogP contribution is -2.36. The number of carbonyl (C=O) groups is 1. The molecule has 3 rings (SSSR count). The molecule has 0 saturated carbocycles. The van der Waals surface area contributed by atoms with E-state index in [4.69, 9.17) is 9.47 Å². The summed E-state index contributed by atoms with van der Waals surface area (Å²) in [7, 11) is -1.33. The highest BCUT2D eigenvalue weighted by Gasteiger charge is 2.36. The van der Waals surface area contributed by atoms with Gasteiger partial charge in [-0.3, -0.25) is 9.78 Å². The van der Waals surface area contributed by atoms with E-state index < -0.39 is 31.3 Å². The third kappa shape index (κ3) is 7.92. The Hall–Kier alpha value is -3.18. The lowest BCUT2D eigenvalue weighted by molar-refractivity contribution is -0.151. The van der Waals surface area contributed by atoms with Gasteiger partial charge >= 0.3 is 12.1 Å². The molecule has 0 aliphatic rings. The molecule has 0 aliphatic heterocycles. The average Bonchev–Trinajstić information content (AvgIpc) is 3.32. The first kappa shape index (κ1) is 30.4. The Labute approximate surface area is 228 Å². The summed E-state index contributed by atoms with van der Waals surface area (Å²) in [6.07, 6.45) is -1.20. The van der Waals surface area contributed by atoms with Crippen molar-refractivity contribution in [3.05, 3.63) is 54.5 Å². The number of pyridine rings is 1. The number of ether oxygens (including phenoxy) is 2. The van der Waals surface area contributed by atoms with Crippen LogP contribution in [0, 0.1) is 5.41 Å². The lowest BCUT2D eigenvalue weighted by atomic mass is 9.83. The second-order valence-electron chi connectivity index (χ2n) is 10.8. The maximum Gasteiger partial charge on any atom is 0.434 e. The van der Waals surface area contributed by atoms with Gasteiger partial charge in [-0.1, -0.05) is 33.5 Å². The molecule has 0 fully saturated rings. The summed E-state index contributed by atoms with van der Waals surface area (Å²) in [5.74, 6) is -0.208. The zero-order valence-corrected chi connectivity index (χ0v) is 24.0. The first-order valence-electron chi connectivity index (χ1n) is 12.9. The van der Waals surface area contributed by atoms with Crippen molar-refractivity contribution in [2.24, 2.45) is 5.41 Å². The number of aromatic nitrogens is 3. The minimum absolute atomic E-state index is 0.0364. The van der Waals surface area contributed by atoms with E-state index in [-0.39, 0.29) is 19.2 Å². The van der Waals surface area contributed by atoms with Crippen LogP contribution in [0.5, 0.6) is 5.75 Å². The van der Waals surface area contributed by atoms with Gasteiger partial charge in [0.05, 0.1) is 5.69 Å². The molecule has 1 aromatic carbocycles. The van der Waals surface area contributed by atoms with Crippen molar-refractivity contribution in [2.45, 2.75) is 65.3 Å². The smallest absolute Gasteiger partial charge is 0.434 e. The van der Waals surface area contributed by atoms with Gasteiger partial charge in [-0.05, 0) is 55.3 Å². The van der Waals surface area contributed by atoms with Crippen LogP contribution in [-0.4, -0.2) is 46.9 Å². The van der Waals surface area contributed by atoms with Gasteiger partial charge in [0.2, 0.25) is 0 Å². The molecule has 0 saturated heterocycles. The van der Waals surface area contributed by atoms with Gasteiger partial charge in [0.25, 0.3) is 0 Å². The Morgan fingerprint density at radius 2 is 1.67 bits per heavy atom. The Bertz CT molecular complexity index is 1230. The maximum absolute atomic E-state index is 13.4. The fourth-order valence-electron chi connectivity index (χ4n) is 3.88. The summed E-state index contributed by atoms with van der Waals surface area (Å²) in [6, 6.07) is 11.4. The quantitative estimate of drug-likeness (QED) is 0.175. The summed E-state index contributed by atoms with van der Waals surface area (Å²) in [6.45, 7) is 10.8. The van der Waals surface area contributed by atoms with Gasteiger partial charge in [0, 0.05) is 38.2 Å². The molecule has 2 aromatic heterocycles. The monoisotopic (exact) mass is 563 g/mol. The molecule has 3 aromatic rings. The van der Waals surface area contributed by atoms with Crippen molar-refractivity contribution in [2.75, 3.05) is 13.2 Å². The SMILES string of the molecule is CCC(CC)(COc1ccc(-c2ccc(-c3nc(C(F)(F)F)cn3COCC[Si](C)(C)C)cn2)cc1)C(=O)O. The Kier molecular flexibility index (Phi) is 9.60. The molecule has 11 heteroatoms. The summed E-state index contributed by atoms with van der Waals surface area (Å²) >= 11 is 0. The van der Waals surface area contributed by atoms with E-state index in [0.29, 0.717) is 36.5 Å². The average molecular weight is 564 g/mol. The molecule has 0 bridgehead atoms. The minimum atomic E-state index is -4.58. The fraction of sp³-hybridized carbons (Fsp3) is 0.464. The lowest BCUT2D eigenvalue weighted by Gasteiger charge is -2.26. The Morgan fingerprint density at radius 3 is 2.18 bits per heavy atom. The number of carboxylic acid groups (broad SMARTS) is 1. The van der Waals surface area contributed by atoms with E-state index in [1.165, 1.54) is 10.8 Å².